The van der Waals surface area contributed by atoms with E-state index in [1.807, 2.05) is 0 Å². The minimum absolute atomic E-state index is 0.237. The fourth-order valence-corrected chi connectivity index (χ4v) is 2.57. The molecule has 8 heteroatoms. The molecule has 0 saturated heterocycles. The number of fused-ring (bicyclic) bond motifs is 1. The van der Waals surface area contributed by atoms with Crippen molar-refractivity contribution in [1.82, 2.24) is 9.55 Å². The van der Waals surface area contributed by atoms with Crippen LogP contribution in [0.4, 0.5) is 8.78 Å². The minimum Gasteiger partial charge on any atom is -0.366 e. The highest BCUT2D eigenvalue weighted by atomic mass is 79.9. The van der Waals surface area contributed by atoms with Crippen LogP contribution < -0.4 is 5.73 Å². The van der Waals surface area contributed by atoms with Crippen LogP contribution in [0.25, 0.3) is 11.0 Å². The molecule has 1 aromatic carbocycles. The van der Waals surface area contributed by atoms with Crippen molar-refractivity contribution >= 4 is 38.8 Å². The fraction of sp³-hybridized carbons (Fsp3) is 0. The Balaban J connectivity index is 2.20. The maximum atomic E-state index is 14.3. The van der Waals surface area contributed by atoms with E-state index in [1.54, 1.807) is 12.1 Å². The van der Waals surface area contributed by atoms with Crippen LogP contribution in [0.15, 0.2) is 41.1 Å². The number of nitrogens with two attached hydrogens (primary N) is 1. The molecular formula is C15H8BrF2N3O2. The SMILES string of the molecule is NC(=O)c1ccc(F)c(C(=O)n2ccc3cc(Br)cnc32)c1F. The Bertz CT molecular complexity index is 969. The normalized spacial score (nSPS) is 10.9. The molecular weight excluding hydrogens is 372 g/mol. The molecule has 2 heterocycles. The smallest absolute Gasteiger partial charge is 0.269 e. The summed E-state index contributed by atoms with van der Waals surface area (Å²) in [5.74, 6) is -4.44. The molecule has 0 saturated carbocycles. The summed E-state index contributed by atoms with van der Waals surface area (Å²) >= 11 is 3.24. The van der Waals surface area contributed by atoms with Gasteiger partial charge in [0.1, 0.15) is 17.0 Å². The third-order valence-corrected chi connectivity index (χ3v) is 3.72. The highest BCUT2D eigenvalue weighted by molar-refractivity contribution is 9.10. The number of benzene rings is 1. The van der Waals surface area contributed by atoms with Crippen LogP contribution in [0.3, 0.4) is 0 Å². The Morgan fingerprint density at radius 1 is 1.22 bits per heavy atom. The molecule has 0 aliphatic heterocycles. The van der Waals surface area contributed by atoms with Crippen molar-refractivity contribution in [3.05, 3.63) is 63.9 Å². The molecule has 23 heavy (non-hydrogen) atoms. The number of rotatable bonds is 2. The molecule has 5 nitrogen and oxygen atoms in total. The van der Waals surface area contributed by atoms with Crippen molar-refractivity contribution in [2.75, 3.05) is 0 Å². The highest BCUT2D eigenvalue weighted by Crippen LogP contribution is 2.22. The Kier molecular flexibility index (Phi) is 3.69. The molecule has 0 bridgehead atoms. The van der Waals surface area contributed by atoms with Crippen LogP contribution in [0.5, 0.6) is 0 Å². The first-order valence-corrected chi connectivity index (χ1v) is 7.14. The number of carbonyl (C=O) groups is 2. The second kappa shape index (κ2) is 5.54. The number of pyridine rings is 1. The molecule has 0 unspecified atom stereocenters. The second-order valence-corrected chi connectivity index (χ2v) is 5.62. The minimum atomic E-state index is -1.29. The number of amides is 1. The summed E-state index contributed by atoms with van der Waals surface area (Å²) < 4.78 is 29.9. The van der Waals surface area contributed by atoms with Crippen LogP contribution in [0, 0.1) is 11.6 Å². The molecule has 0 fully saturated rings. The Morgan fingerprint density at radius 2 is 1.96 bits per heavy atom. The average molecular weight is 380 g/mol. The van der Waals surface area contributed by atoms with Crippen molar-refractivity contribution in [3.8, 4) is 0 Å². The molecule has 0 aliphatic carbocycles. The van der Waals surface area contributed by atoms with Crippen molar-refractivity contribution in [2.45, 2.75) is 0 Å². The monoisotopic (exact) mass is 379 g/mol. The van der Waals surface area contributed by atoms with Gasteiger partial charge in [0.25, 0.3) is 11.8 Å². The fourth-order valence-electron chi connectivity index (χ4n) is 2.22. The first-order chi connectivity index (χ1) is 10.9. The number of primary amides is 1. The first-order valence-electron chi connectivity index (χ1n) is 6.35. The van der Waals surface area contributed by atoms with Crippen LogP contribution in [0.2, 0.25) is 0 Å². The topological polar surface area (TPSA) is 78.0 Å². The largest absolute Gasteiger partial charge is 0.366 e. The van der Waals surface area contributed by atoms with Crippen molar-refractivity contribution in [2.24, 2.45) is 5.73 Å². The summed E-state index contributed by atoms with van der Waals surface area (Å²) in [6.07, 6.45) is 2.81. The van der Waals surface area contributed by atoms with E-state index in [4.69, 9.17) is 5.73 Å². The number of nitrogens with zero attached hydrogens (tertiary/aromatic N) is 2. The van der Waals surface area contributed by atoms with E-state index in [9.17, 15) is 18.4 Å². The van der Waals surface area contributed by atoms with Gasteiger partial charge in [-0.1, -0.05) is 0 Å². The molecule has 1 amide bonds. The summed E-state index contributed by atoms with van der Waals surface area (Å²) in [6, 6.07) is 5.01. The lowest BCUT2D eigenvalue weighted by Crippen LogP contribution is -2.20. The van der Waals surface area contributed by atoms with E-state index in [-0.39, 0.29) is 5.65 Å². The average Bonchev–Trinajstić information content (AvgIpc) is 2.89. The third kappa shape index (κ3) is 2.50. The zero-order chi connectivity index (χ0) is 16.7. The summed E-state index contributed by atoms with van der Waals surface area (Å²) in [7, 11) is 0. The number of aromatic nitrogens is 2. The van der Waals surface area contributed by atoms with E-state index < -0.39 is 34.6 Å². The van der Waals surface area contributed by atoms with Crippen LogP contribution >= 0.6 is 15.9 Å². The van der Waals surface area contributed by atoms with Gasteiger partial charge in [-0.05, 0) is 40.2 Å². The lowest BCUT2D eigenvalue weighted by Gasteiger charge is -2.08. The zero-order valence-corrected chi connectivity index (χ0v) is 13.0. The number of carbonyl (C=O) groups excluding carboxylic acids is 2. The zero-order valence-electron chi connectivity index (χ0n) is 11.4. The van der Waals surface area contributed by atoms with Gasteiger partial charge in [-0.15, -0.1) is 0 Å². The molecule has 116 valence electrons. The maximum absolute atomic E-state index is 14.3. The lowest BCUT2D eigenvalue weighted by molar-refractivity contribution is 0.0955. The van der Waals surface area contributed by atoms with Gasteiger partial charge in [0, 0.05) is 22.3 Å². The van der Waals surface area contributed by atoms with Crippen LogP contribution in [0.1, 0.15) is 20.7 Å². The Hall–Kier alpha value is -2.61. The van der Waals surface area contributed by atoms with Gasteiger partial charge in [0.05, 0.1) is 5.56 Å². The molecule has 0 aliphatic rings. The molecule has 0 atom stereocenters. The number of hydrogen-bond acceptors (Lipinski definition) is 3. The number of halogens is 3. The summed E-state index contributed by atoms with van der Waals surface area (Å²) in [6.45, 7) is 0. The molecule has 0 radical (unpaired) electrons. The molecule has 2 N–H and O–H groups in total. The predicted molar refractivity (Wildman–Crippen MR) is 82.0 cm³/mol. The predicted octanol–water partition coefficient (Wildman–Crippen LogP) is 2.86. The van der Waals surface area contributed by atoms with Crippen LogP contribution in [-0.2, 0) is 0 Å². The molecule has 3 aromatic rings. The Labute approximate surface area is 136 Å². The van der Waals surface area contributed by atoms with Crippen molar-refractivity contribution in [3.63, 3.8) is 0 Å². The number of hydrogen-bond donors (Lipinski definition) is 1. The van der Waals surface area contributed by atoms with Gasteiger partial charge in [-0.25, -0.2) is 13.8 Å². The van der Waals surface area contributed by atoms with Gasteiger partial charge in [-0.2, -0.15) is 0 Å². The van der Waals surface area contributed by atoms with Gasteiger partial charge >= 0.3 is 0 Å². The van der Waals surface area contributed by atoms with E-state index in [1.165, 1.54) is 12.4 Å². The molecule has 0 spiro atoms. The highest BCUT2D eigenvalue weighted by Gasteiger charge is 2.24. The maximum Gasteiger partial charge on any atom is 0.269 e. The Morgan fingerprint density at radius 3 is 2.65 bits per heavy atom. The van der Waals surface area contributed by atoms with E-state index in [0.717, 1.165) is 16.7 Å². The third-order valence-electron chi connectivity index (χ3n) is 3.28. The summed E-state index contributed by atoms with van der Waals surface area (Å²) in [5, 5.41) is 0.611. The van der Waals surface area contributed by atoms with Gasteiger partial charge in [0.2, 0.25) is 0 Å². The standard InChI is InChI=1S/C15H8BrF2N3O2/c16-8-5-7-3-4-21(14(7)20-6-8)15(23)11-10(17)2-1-9(12(11)18)13(19)22/h1-6H,(H2,19,22). The van der Waals surface area contributed by atoms with Crippen molar-refractivity contribution < 1.29 is 18.4 Å². The second-order valence-electron chi connectivity index (χ2n) is 4.71. The van der Waals surface area contributed by atoms with Gasteiger partial charge < -0.3 is 5.73 Å². The van der Waals surface area contributed by atoms with E-state index in [2.05, 4.69) is 20.9 Å². The lowest BCUT2D eigenvalue weighted by atomic mass is 10.1. The van der Waals surface area contributed by atoms with Gasteiger partial charge in [0.15, 0.2) is 5.82 Å². The van der Waals surface area contributed by atoms with E-state index >= 15 is 0 Å². The van der Waals surface area contributed by atoms with Crippen molar-refractivity contribution in [1.29, 1.82) is 0 Å². The summed E-state index contributed by atoms with van der Waals surface area (Å²) in [5.41, 5.74) is 3.85. The first kappa shape index (κ1) is 15.3. The van der Waals surface area contributed by atoms with Crippen LogP contribution in [-0.4, -0.2) is 21.4 Å². The van der Waals surface area contributed by atoms with Gasteiger partial charge in [-0.3, -0.25) is 14.2 Å². The molecule has 2 aromatic heterocycles. The molecule has 3 rings (SSSR count). The summed E-state index contributed by atoms with van der Waals surface area (Å²) in [4.78, 5) is 27.7. The quantitative estimate of drug-likeness (QED) is 0.743. The van der Waals surface area contributed by atoms with E-state index in [0.29, 0.717) is 9.86 Å².